The predicted molar refractivity (Wildman–Crippen MR) is 82.7 cm³/mol. The molecule has 4 N–H and O–H groups in total. The molecule has 0 rings (SSSR count). The van der Waals surface area contributed by atoms with E-state index in [0.717, 1.165) is 9.80 Å². The Balaban J connectivity index is -0.000000120. The maximum atomic E-state index is 10.6. The van der Waals surface area contributed by atoms with Gasteiger partial charge in [-0.2, -0.15) is 0 Å². The van der Waals surface area contributed by atoms with Crippen LogP contribution in [0, 0.1) is 0 Å². The van der Waals surface area contributed by atoms with E-state index in [1.54, 1.807) is 0 Å². The van der Waals surface area contributed by atoms with E-state index in [4.69, 9.17) is 20.4 Å². The maximum absolute atomic E-state index is 10.6. The van der Waals surface area contributed by atoms with Crippen LogP contribution in [0.5, 0.6) is 0 Å². The Morgan fingerprint density at radius 2 is 0.750 bits per heavy atom. The average Bonchev–Trinajstić information content (AvgIpc) is 2.22. The van der Waals surface area contributed by atoms with E-state index in [-0.39, 0.29) is 123 Å². The Bertz CT molecular complexity index is 345. The van der Waals surface area contributed by atoms with Crippen LogP contribution in [0.15, 0.2) is 0 Å². The first-order valence-electron chi connectivity index (χ1n) is 5.52. The summed E-state index contributed by atoms with van der Waals surface area (Å²) in [6, 6.07) is 0. The van der Waals surface area contributed by atoms with Crippen molar-refractivity contribution in [1.82, 2.24) is 9.80 Å². The molecule has 0 heterocycles. The fraction of sp³-hybridized carbons (Fsp3) is 0.600. The summed E-state index contributed by atoms with van der Waals surface area (Å²) in [5, 5.41) is 34.5. The molecule has 0 aromatic rings. The third kappa shape index (κ3) is 23.4. The number of aliphatic carboxylic acids is 4. The minimum absolute atomic E-state index is 0. The van der Waals surface area contributed by atoms with E-state index >= 15 is 0 Å². The second-order valence-corrected chi connectivity index (χ2v) is 4.00. The van der Waals surface area contributed by atoms with Gasteiger partial charge in [-0.25, -0.2) is 0 Å². The zero-order valence-corrected chi connectivity index (χ0v) is 26.0. The van der Waals surface area contributed by atoms with Crippen LogP contribution in [0.4, 0.5) is 0 Å². The van der Waals surface area contributed by atoms with Gasteiger partial charge in [0.2, 0.25) is 0 Å². The van der Waals surface area contributed by atoms with Crippen molar-refractivity contribution in [1.29, 1.82) is 0 Å². The van der Waals surface area contributed by atoms with Crippen molar-refractivity contribution in [3.63, 3.8) is 0 Å². The van der Waals surface area contributed by atoms with Gasteiger partial charge in [-0.15, -0.1) is 0 Å². The van der Waals surface area contributed by atoms with Crippen LogP contribution in [-0.2, 0) is 19.2 Å². The first kappa shape index (κ1) is 36.3. The Morgan fingerprint density at radius 3 is 0.875 bits per heavy atom. The Hall–Kier alpha value is 1.40. The van der Waals surface area contributed by atoms with E-state index in [1.165, 1.54) is 0 Å². The molecule has 130 valence electrons. The number of carbonyl (C=O) groups is 4. The average molecular weight is 582 g/mol. The molecule has 0 unspecified atom stereocenters. The van der Waals surface area contributed by atoms with Gasteiger partial charge in [-0.1, -0.05) is 0 Å². The van der Waals surface area contributed by atoms with E-state index in [2.05, 4.69) is 0 Å². The van der Waals surface area contributed by atoms with Crippen molar-refractivity contribution >= 4 is 71.7 Å². The van der Waals surface area contributed by atoms with Crippen LogP contribution >= 0.6 is 0 Å². The van der Waals surface area contributed by atoms with Crippen LogP contribution in [0.1, 0.15) is 2.85 Å². The molecule has 0 saturated heterocycles. The second kappa shape index (κ2) is 20.7. The monoisotopic (exact) mass is 584 g/mol. The number of carboxylic acid groups (broad SMARTS) is 4. The van der Waals surface area contributed by atoms with Gasteiger partial charge < -0.3 is 23.3 Å². The number of hydrogen-bond acceptors (Lipinski definition) is 6. The van der Waals surface area contributed by atoms with Crippen molar-refractivity contribution in [2.75, 3.05) is 39.3 Å². The molecule has 0 aliphatic rings. The number of carboxylic acids is 4. The van der Waals surface area contributed by atoms with Crippen LogP contribution < -0.4 is 59.1 Å². The summed E-state index contributed by atoms with van der Waals surface area (Å²) in [5.74, 6) is -4.91. The van der Waals surface area contributed by atoms with Gasteiger partial charge in [0.05, 0.1) is 26.2 Å². The zero-order valence-electron chi connectivity index (χ0n) is 16.0. The summed E-state index contributed by atoms with van der Waals surface area (Å²) in [6.45, 7) is -2.25. The minimum atomic E-state index is -1.23. The molecule has 0 aromatic carbocycles. The molecular weight excluding hydrogens is 560 g/mol. The third-order valence-electron chi connectivity index (χ3n) is 2.17. The molecule has 10 nitrogen and oxygen atoms in total. The molecule has 24 heavy (non-hydrogen) atoms. The quantitative estimate of drug-likeness (QED) is 0.173. The summed E-state index contributed by atoms with van der Waals surface area (Å²) >= 11 is 0. The molecule has 0 fully saturated rings. The number of rotatable bonds is 11. The van der Waals surface area contributed by atoms with Crippen LogP contribution in [0.25, 0.3) is 0 Å². The summed E-state index contributed by atoms with van der Waals surface area (Å²) in [7, 11) is 0. The normalized spacial score (nSPS) is 8.92. The van der Waals surface area contributed by atoms with Gasteiger partial charge in [0, 0.05) is 13.1 Å². The number of nitrogens with zero attached hydrogens (tertiary/aromatic N) is 2. The third-order valence-corrected chi connectivity index (χ3v) is 2.17. The van der Waals surface area contributed by atoms with E-state index in [9.17, 15) is 19.2 Å². The summed E-state index contributed by atoms with van der Waals surface area (Å²) < 4.78 is 0. The van der Waals surface area contributed by atoms with Crippen molar-refractivity contribution in [2.45, 2.75) is 0 Å². The molecule has 0 spiro atoms. The number of hydrogen-bond donors (Lipinski definition) is 4. The summed E-state index contributed by atoms with van der Waals surface area (Å²) in [6.07, 6.45) is 0. The van der Waals surface area contributed by atoms with Crippen molar-refractivity contribution in [3.05, 3.63) is 0 Å². The Kier molecular flexibility index (Phi) is 31.3. The molecule has 0 atom stereocenters. The van der Waals surface area contributed by atoms with Crippen molar-refractivity contribution in [3.8, 4) is 0 Å². The first-order valence-corrected chi connectivity index (χ1v) is 5.52. The Labute approximate surface area is 219 Å². The summed E-state index contributed by atoms with van der Waals surface area (Å²) in [4.78, 5) is 44.4. The first-order chi connectivity index (χ1) is 9.20. The van der Waals surface area contributed by atoms with Gasteiger partial charge >= 0.3 is 131 Å². The molecular formula is C10H22N2Na2O8Sn2. The van der Waals surface area contributed by atoms with Crippen molar-refractivity contribution in [2.24, 2.45) is 0 Å². The SMILES string of the molecule is O=C(O)CN(CCN(CC(=O)O)CC(=O)O)CC(=O)O.[H-].[H-].[Na+].[Na+].[SnH2].[SnH2]. The van der Waals surface area contributed by atoms with E-state index < -0.39 is 50.1 Å². The molecule has 4 radical (unpaired) electrons. The van der Waals surface area contributed by atoms with Gasteiger partial charge in [0.25, 0.3) is 0 Å². The van der Waals surface area contributed by atoms with Gasteiger partial charge in [0.1, 0.15) is 0 Å². The molecule has 14 heteroatoms. The van der Waals surface area contributed by atoms with Gasteiger partial charge in [-0.05, 0) is 0 Å². The zero-order chi connectivity index (χ0) is 15.7. The Morgan fingerprint density at radius 1 is 0.583 bits per heavy atom. The van der Waals surface area contributed by atoms with Crippen LogP contribution in [-0.4, -0.2) is 141 Å². The van der Waals surface area contributed by atoms with E-state index in [0.29, 0.717) is 0 Å². The predicted octanol–water partition coefficient (Wildman–Crippen LogP) is -9.67. The van der Waals surface area contributed by atoms with E-state index in [1.807, 2.05) is 0 Å². The fourth-order valence-electron chi connectivity index (χ4n) is 1.48. The van der Waals surface area contributed by atoms with Gasteiger partial charge in [0.15, 0.2) is 0 Å². The molecule has 0 aromatic heterocycles. The fourth-order valence-corrected chi connectivity index (χ4v) is 1.48. The van der Waals surface area contributed by atoms with Crippen molar-refractivity contribution < 1.29 is 102 Å². The molecule has 0 aliphatic heterocycles. The molecule has 0 amide bonds. The molecule has 0 aliphatic carbocycles. The van der Waals surface area contributed by atoms with Gasteiger partial charge in [-0.3, -0.25) is 29.0 Å². The van der Waals surface area contributed by atoms with Crippen LogP contribution in [0.2, 0.25) is 0 Å². The van der Waals surface area contributed by atoms with Crippen LogP contribution in [0.3, 0.4) is 0 Å². The molecule has 0 saturated carbocycles. The second-order valence-electron chi connectivity index (χ2n) is 4.00. The molecule has 0 bridgehead atoms. The standard InChI is InChI=1S/C10H16N2O8.2Na.2Sn.6H/c13-7(14)3-11(4-8(15)16)1-2-12(5-9(17)18)6-10(19)20;;;;;;;;;;/h1-6H2,(H,13,14)(H,15,16)(H,17,18)(H,19,20);;;;;;;;;;/q;2*+1;;;;;;;2*-1. The summed E-state index contributed by atoms with van der Waals surface area (Å²) in [5.41, 5.74) is 0. The topological polar surface area (TPSA) is 156 Å².